The summed E-state index contributed by atoms with van der Waals surface area (Å²) in [6, 6.07) is 12.5. The predicted molar refractivity (Wildman–Crippen MR) is 149 cm³/mol. The molecule has 3 heterocycles. The molecule has 0 unspecified atom stereocenters. The normalized spacial score (nSPS) is 16.9. The topological polar surface area (TPSA) is 85.8 Å². The van der Waals surface area contributed by atoms with Crippen molar-refractivity contribution in [3.63, 3.8) is 0 Å². The van der Waals surface area contributed by atoms with Gasteiger partial charge in [0.25, 0.3) is 10.0 Å². The maximum atomic E-state index is 13.4. The first kappa shape index (κ1) is 25.8. The number of carbonyl (C=O) groups excluding carboxylic acids is 1. The van der Waals surface area contributed by atoms with Gasteiger partial charge in [-0.05, 0) is 74.7 Å². The number of anilines is 3. The van der Waals surface area contributed by atoms with Crippen molar-refractivity contribution in [3.05, 3.63) is 64.1 Å². The maximum Gasteiger partial charge on any atom is 0.263 e. The number of hydrogen-bond donors (Lipinski definition) is 1. The molecular formula is C26H30ClN5O3S2. The van der Waals surface area contributed by atoms with Gasteiger partial charge in [-0.2, -0.15) is 0 Å². The minimum absolute atomic E-state index is 0.132. The number of aryl methyl sites for hydroxylation is 2. The average Bonchev–Trinajstić information content (AvgIpc) is 3.31. The average molecular weight is 560 g/mol. The Kier molecular flexibility index (Phi) is 7.33. The molecule has 2 aromatic carbocycles. The van der Waals surface area contributed by atoms with Crippen LogP contribution in [0.5, 0.6) is 0 Å². The predicted octanol–water partition coefficient (Wildman–Crippen LogP) is 4.40. The Labute approximate surface area is 226 Å². The molecule has 8 nitrogen and oxygen atoms in total. The van der Waals surface area contributed by atoms with Crippen LogP contribution in [0.15, 0.2) is 52.7 Å². The number of benzene rings is 2. The van der Waals surface area contributed by atoms with Gasteiger partial charge in [-0.15, -0.1) is 11.3 Å². The fraction of sp³-hybridized carbons (Fsp3) is 0.385. The second-order valence-electron chi connectivity index (χ2n) is 9.45. The fourth-order valence-electron chi connectivity index (χ4n) is 4.99. The van der Waals surface area contributed by atoms with Crippen molar-refractivity contribution in [1.82, 2.24) is 9.88 Å². The SMILES string of the molecule is Cc1csc(NS(=O)(=O)c2ccc(N3CCN(C(=O)[C@@H](C)N4CCCc5cc(Cl)ccc54)CC3)cc2)n1. The Balaban J connectivity index is 1.19. The molecule has 0 bridgehead atoms. The van der Waals surface area contributed by atoms with Crippen LogP contribution in [0.3, 0.4) is 0 Å². The summed E-state index contributed by atoms with van der Waals surface area (Å²) in [7, 11) is -3.70. The highest BCUT2D eigenvalue weighted by Crippen LogP contribution is 2.31. The standard InChI is InChI=1S/C26H30ClN5O3S2/c1-18-17-36-26(28-18)29-37(34,35)23-8-6-22(7-9-23)30-12-14-31(15-13-30)25(33)19(2)32-11-3-4-20-16-21(27)5-10-24(20)32/h5-10,16-17,19H,3-4,11-15H2,1-2H3,(H,28,29)/t19-/m1/s1. The summed E-state index contributed by atoms with van der Waals surface area (Å²) < 4.78 is 27.9. The van der Waals surface area contributed by atoms with Gasteiger partial charge in [0.05, 0.1) is 10.6 Å². The monoisotopic (exact) mass is 559 g/mol. The summed E-state index contributed by atoms with van der Waals surface area (Å²) in [6.07, 6.45) is 1.98. The van der Waals surface area contributed by atoms with Gasteiger partial charge in [-0.25, -0.2) is 13.4 Å². The number of hydrogen-bond acceptors (Lipinski definition) is 7. The molecule has 1 amide bonds. The summed E-state index contributed by atoms with van der Waals surface area (Å²) in [4.78, 5) is 24.1. The zero-order valence-corrected chi connectivity index (χ0v) is 23.2. The fourth-order valence-corrected chi connectivity index (χ4v) is 7.13. The van der Waals surface area contributed by atoms with Crippen LogP contribution in [0.25, 0.3) is 0 Å². The second kappa shape index (κ2) is 10.5. The van der Waals surface area contributed by atoms with Gasteiger partial charge < -0.3 is 14.7 Å². The first-order valence-corrected chi connectivity index (χ1v) is 15.1. The van der Waals surface area contributed by atoms with E-state index in [1.807, 2.05) is 49.1 Å². The lowest BCUT2D eigenvalue weighted by Gasteiger charge is -2.41. The Morgan fingerprint density at radius 1 is 1.08 bits per heavy atom. The van der Waals surface area contributed by atoms with Crippen molar-refractivity contribution >= 4 is 55.4 Å². The van der Waals surface area contributed by atoms with E-state index in [1.165, 1.54) is 16.9 Å². The summed E-state index contributed by atoms with van der Waals surface area (Å²) >= 11 is 7.44. The number of sulfonamides is 1. The number of amides is 1. The number of nitrogens with one attached hydrogen (secondary N) is 1. The van der Waals surface area contributed by atoms with Gasteiger partial charge in [-0.3, -0.25) is 9.52 Å². The minimum atomic E-state index is -3.70. The third kappa shape index (κ3) is 5.56. The summed E-state index contributed by atoms with van der Waals surface area (Å²) in [5.41, 5.74) is 4.01. The number of aromatic nitrogens is 1. The van der Waals surface area contributed by atoms with Crippen LogP contribution in [-0.4, -0.2) is 63.0 Å². The van der Waals surface area contributed by atoms with E-state index in [2.05, 4.69) is 19.5 Å². The van der Waals surface area contributed by atoms with E-state index in [9.17, 15) is 13.2 Å². The molecule has 5 rings (SSSR count). The van der Waals surface area contributed by atoms with E-state index in [0.29, 0.717) is 31.3 Å². The molecule has 1 fully saturated rings. The first-order chi connectivity index (χ1) is 17.7. The lowest BCUT2D eigenvalue weighted by molar-refractivity contribution is -0.132. The van der Waals surface area contributed by atoms with Gasteiger partial charge in [0.2, 0.25) is 5.91 Å². The number of halogens is 1. The number of fused-ring (bicyclic) bond motifs is 1. The van der Waals surface area contributed by atoms with Crippen LogP contribution in [-0.2, 0) is 21.2 Å². The second-order valence-corrected chi connectivity index (χ2v) is 12.4. The van der Waals surface area contributed by atoms with Gasteiger partial charge >= 0.3 is 0 Å². The summed E-state index contributed by atoms with van der Waals surface area (Å²) in [5, 5.41) is 2.88. The lowest BCUT2D eigenvalue weighted by atomic mass is 10.00. The van der Waals surface area contributed by atoms with Crippen molar-refractivity contribution in [1.29, 1.82) is 0 Å². The quantitative estimate of drug-likeness (QED) is 0.482. The van der Waals surface area contributed by atoms with Crippen LogP contribution in [0.2, 0.25) is 5.02 Å². The van der Waals surface area contributed by atoms with Crippen molar-refractivity contribution in [3.8, 4) is 0 Å². The molecule has 3 aromatic rings. The van der Waals surface area contributed by atoms with Gasteiger partial charge in [-0.1, -0.05) is 11.6 Å². The maximum absolute atomic E-state index is 13.4. The summed E-state index contributed by atoms with van der Waals surface area (Å²) in [6.45, 7) is 7.28. The molecular weight excluding hydrogens is 530 g/mol. The van der Waals surface area contributed by atoms with Gasteiger partial charge in [0.1, 0.15) is 6.04 Å². The highest BCUT2D eigenvalue weighted by atomic mass is 35.5. The van der Waals surface area contributed by atoms with Gasteiger partial charge in [0.15, 0.2) is 5.13 Å². The smallest absolute Gasteiger partial charge is 0.263 e. The molecule has 1 atom stereocenters. The number of piperazine rings is 1. The van der Waals surface area contributed by atoms with Crippen LogP contribution in [0, 0.1) is 6.92 Å². The molecule has 0 spiro atoms. The van der Waals surface area contributed by atoms with Crippen LogP contribution in [0.1, 0.15) is 24.6 Å². The van der Waals surface area contributed by atoms with Crippen molar-refractivity contribution in [2.75, 3.05) is 47.2 Å². The molecule has 37 heavy (non-hydrogen) atoms. The largest absolute Gasteiger partial charge is 0.368 e. The zero-order valence-electron chi connectivity index (χ0n) is 20.9. The molecule has 11 heteroatoms. The molecule has 0 radical (unpaired) electrons. The highest BCUT2D eigenvalue weighted by molar-refractivity contribution is 7.93. The number of carbonyl (C=O) groups is 1. The summed E-state index contributed by atoms with van der Waals surface area (Å²) in [5.74, 6) is 0.132. The number of rotatable bonds is 6. The Morgan fingerprint density at radius 3 is 2.49 bits per heavy atom. The first-order valence-electron chi connectivity index (χ1n) is 12.3. The highest BCUT2D eigenvalue weighted by Gasteiger charge is 2.31. The van der Waals surface area contributed by atoms with Crippen molar-refractivity contribution in [2.24, 2.45) is 0 Å². The molecule has 0 aliphatic carbocycles. The van der Waals surface area contributed by atoms with E-state index in [-0.39, 0.29) is 16.8 Å². The van der Waals surface area contributed by atoms with E-state index in [0.717, 1.165) is 41.5 Å². The molecule has 2 aliphatic heterocycles. The molecule has 0 saturated carbocycles. The third-order valence-corrected chi connectivity index (χ3v) is 9.56. The number of thiazole rings is 1. The Morgan fingerprint density at radius 2 is 1.81 bits per heavy atom. The molecule has 1 saturated heterocycles. The Bertz CT molecular complexity index is 1390. The van der Waals surface area contributed by atoms with Gasteiger partial charge in [0, 0.05) is 54.5 Å². The number of nitrogens with zero attached hydrogens (tertiary/aromatic N) is 4. The lowest BCUT2D eigenvalue weighted by Crippen LogP contribution is -2.55. The van der Waals surface area contributed by atoms with Crippen molar-refractivity contribution < 1.29 is 13.2 Å². The van der Waals surface area contributed by atoms with Crippen molar-refractivity contribution in [2.45, 2.75) is 37.6 Å². The van der Waals surface area contributed by atoms with E-state index < -0.39 is 10.0 Å². The van der Waals surface area contributed by atoms with Crippen LogP contribution in [0.4, 0.5) is 16.5 Å². The molecule has 1 aromatic heterocycles. The van der Waals surface area contributed by atoms with E-state index >= 15 is 0 Å². The van der Waals surface area contributed by atoms with Crippen LogP contribution < -0.4 is 14.5 Å². The molecule has 196 valence electrons. The molecule has 2 aliphatic rings. The Hall–Kier alpha value is -2.82. The van der Waals surface area contributed by atoms with Crippen LogP contribution >= 0.6 is 22.9 Å². The minimum Gasteiger partial charge on any atom is -0.368 e. The van der Waals surface area contributed by atoms with E-state index in [4.69, 9.17) is 11.6 Å². The molecule has 1 N–H and O–H groups in total. The zero-order chi connectivity index (χ0) is 26.2. The third-order valence-electron chi connectivity index (χ3n) is 6.97. The van der Waals surface area contributed by atoms with E-state index in [1.54, 1.807) is 17.5 Å².